The summed E-state index contributed by atoms with van der Waals surface area (Å²) in [5.74, 6) is -0.608. The maximum absolute atomic E-state index is 14.1. The van der Waals surface area contributed by atoms with Crippen molar-refractivity contribution in [3.63, 3.8) is 0 Å². The molecule has 37 heavy (non-hydrogen) atoms. The van der Waals surface area contributed by atoms with E-state index < -0.39 is 18.1 Å². The van der Waals surface area contributed by atoms with E-state index in [1.54, 1.807) is 30.5 Å². The number of imide groups is 1. The van der Waals surface area contributed by atoms with Gasteiger partial charge in [0.1, 0.15) is 12.7 Å². The number of urea groups is 1. The molecule has 2 bridgehead atoms. The second-order valence-corrected chi connectivity index (χ2v) is 9.76. The van der Waals surface area contributed by atoms with E-state index in [1.807, 2.05) is 47.4 Å². The van der Waals surface area contributed by atoms with E-state index in [1.165, 1.54) is 4.90 Å². The van der Waals surface area contributed by atoms with Crippen molar-refractivity contribution in [2.45, 2.75) is 12.1 Å². The molecule has 4 unspecified atom stereocenters. The number of rotatable bonds is 3. The summed E-state index contributed by atoms with van der Waals surface area (Å²) in [6.07, 6.45) is 1.58. The number of amides is 4. The summed E-state index contributed by atoms with van der Waals surface area (Å²) in [5, 5.41) is 15.0. The van der Waals surface area contributed by atoms with Crippen LogP contribution in [0.3, 0.4) is 0 Å². The lowest BCUT2D eigenvalue weighted by Crippen LogP contribution is -2.63. The molecule has 0 saturated carbocycles. The van der Waals surface area contributed by atoms with Gasteiger partial charge in [-0.2, -0.15) is 10.2 Å². The summed E-state index contributed by atoms with van der Waals surface area (Å²) < 4.78 is -0.239. The van der Waals surface area contributed by atoms with Gasteiger partial charge in [-0.1, -0.05) is 36.4 Å². The molecule has 1 spiro atoms. The Kier molecular flexibility index (Phi) is 4.48. The van der Waals surface area contributed by atoms with Crippen LogP contribution >= 0.6 is 0 Å². The molecule has 3 aliphatic heterocycles. The monoisotopic (exact) mass is 489 g/mol. The Bertz CT molecular complexity index is 1710. The number of pyridine rings is 1. The molecule has 1 aromatic heterocycles. The number of carbonyl (C=O) groups is 3. The third kappa shape index (κ3) is 2.85. The van der Waals surface area contributed by atoms with Gasteiger partial charge in [0.15, 0.2) is 12.1 Å². The lowest BCUT2D eigenvalue weighted by atomic mass is 10.1. The van der Waals surface area contributed by atoms with Gasteiger partial charge in [0.05, 0.1) is 29.9 Å². The van der Waals surface area contributed by atoms with Gasteiger partial charge < -0.3 is 5.32 Å². The van der Waals surface area contributed by atoms with Crippen LogP contribution in [0.15, 0.2) is 72.9 Å². The summed E-state index contributed by atoms with van der Waals surface area (Å²) in [6, 6.07) is 20.5. The third-order valence-corrected chi connectivity index (χ3v) is 7.92. The molecule has 4 heterocycles. The van der Waals surface area contributed by atoms with Crippen molar-refractivity contribution in [2.24, 2.45) is 0 Å². The number of nitrogens with one attached hydrogen (secondary N) is 1. The number of quaternary nitrogens is 1. The third-order valence-electron chi connectivity index (χ3n) is 7.92. The highest BCUT2D eigenvalue weighted by Gasteiger charge is 2.73. The van der Waals surface area contributed by atoms with Crippen molar-refractivity contribution in [3.05, 3.63) is 78.5 Å². The normalized spacial score (nSPS) is 26.0. The first kappa shape index (κ1) is 21.6. The minimum Gasteiger partial charge on any atom is -0.320 e. The summed E-state index contributed by atoms with van der Waals surface area (Å²) >= 11 is 0. The van der Waals surface area contributed by atoms with Gasteiger partial charge in [-0.15, -0.1) is 0 Å². The number of hydrogen-bond acceptors (Lipinski definition) is 6. The van der Waals surface area contributed by atoms with Crippen LogP contribution in [0.5, 0.6) is 0 Å². The Morgan fingerprint density at radius 1 is 1.00 bits per heavy atom. The minimum absolute atomic E-state index is 0.239. The van der Waals surface area contributed by atoms with E-state index in [9.17, 15) is 19.6 Å². The Morgan fingerprint density at radius 2 is 1.81 bits per heavy atom. The van der Waals surface area contributed by atoms with E-state index in [0.717, 1.165) is 10.8 Å². The maximum atomic E-state index is 14.1. The second-order valence-electron chi connectivity index (χ2n) is 9.76. The first-order valence-corrected chi connectivity index (χ1v) is 12.1. The molecule has 9 nitrogen and oxygen atoms in total. The van der Waals surface area contributed by atoms with Crippen molar-refractivity contribution < 1.29 is 18.9 Å². The fraction of sp³-hybridized carbons (Fsp3) is 0.179. The average Bonchev–Trinajstić information content (AvgIpc) is 3.56. The molecule has 3 saturated heterocycles. The minimum atomic E-state index is -0.720. The lowest BCUT2D eigenvalue weighted by molar-refractivity contribution is -0.852. The van der Waals surface area contributed by atoms with Gasteiger partial charge in [0.25, 0.3) is 11.8 Å². The molecule has 3 aliphatic rings. The number of hydrogen-bond donors (Lipinski definition) is 1. The van der Waals surface area contributed by atoms with Crippen LogP contribution in [0.1, 0.15) is 5.56 Å². The number of benzene rings is 3. The number of carbonyl (C=O) groups excluding carboxylic acids is 3. The SMILES string of the molecule is N#Cc1ccc(N2C(=O)C3CN4CC(C(=O)Nc5cccc6ccccc56)[N+]3(C4)C2=O)c2cccnc12. The Balaban J connectivity index is 1.28. The zero-order valence-corrected chi connectivity index (χ0v) is 19.7. The topological polar surface area (TPSA) is 106 Å². The summed E-state index contributed by atoms with van der Waals surface area (Å²) in [7, 11) is 0. The molecule has 0 radical (unpaired) electrons. The molecule has 4 amide bonds. The lowest BCUT2D eigenvalue weighted by Gasteiger charge is -2.32. The standard InChI is InChI=1S/C28H20N6O3/c29-13-18-10-11-22(20-8-4-12-30-25(18)20)33-27(36)24-15-32-14-23(34(24,16-32)28(33)37)26(35)31-21-9-3-6-17-5-1-2-7-19(17)21/h1-12,23-24H,14-16H2/p+1. The number of anilines is 2. The predicted molar refractivity (Wildman–Crippen MR) is 136 cm³/mol. The van der Waals surface area contributed by atoms with Gasteiger partial charge >= 0.3 is 6.03 Å². The largest absolute Gasteiger partial charge is 0.433 e. The van der Waals surface area contributed by atoms with Crippen molar-refractivity contribution >= 4 is 50.9 Å². The van der Waals surface area contributed by atoms with Gasteiger partial charge in [-0.25, -0.2) is 14.2 Å². The van der Waals surface area contributed by atoms with Crippen LogP contribution in [-0.4, -0.2) is 64.1 Å². The van der Waals surface area contributed by atoms with Gasteiger partial charge in [-0.3, -0.25) is 14.6 Å². The first-order valence-electron chi connectivity index (χ1n) is 12.1. The van der Waals surface area contributed by atoms with Crippen LogP contribution in [0.25, 0.3) is 21.7 Å². The van der Waals surface area contributed by atoms with Crippen molar-refractivity contribution in [3.8, 4) is 6.07 Å². The van der Waals surface area contributed by atoms with E-state index >= 15 is 0 Å². The number of fused-ring (bicyclic) bond motifs is 3. The number of nitriles is 1. The van der Waals surface area contributed by atoms with Crippen LogP contribution in [0.2, 0.25) is 0 Å². The molecule has 1 N–H and O–H groups in total. The fourth-order valence-electron chi connectivity index (χ4n) is 6.25. The molecule has 180 valence electrons. The molecule has 9 heteroatoms. The smallest absolute Gasteiger partial charge is 0.320 e. The zero-order valence-electron chi connectivity index (χ0n) is 19.7. The highest BCUT2D eigenvalue weighted by Crippen LogP contribution is 2.45. The van der Waals surface area contributed by atoms with Crippen molar-refractivity contribution in [1.82, 2.24) is 9.88 Å². The second kappa shape index (κ2) is 7.67. The highest BCUT2D eigenvalue weighted by atomic mass is 16.2. The van der Waals surface area contributed by atoms with Gasteiger partial charge in [0, 0.05) is 22.7 Å². The molecule has 3 aromatic carbocycles. The number of nitrogens with zero attached hydrogens (tertiary/aromatic N) is 5. The van der Waals surface area contributed by atoms with Crippen molar-refractivity contribution in [2.75, 3.05) is 30.0 Å². The van der Waals surface area contributed by atoms with Gasteiger partial charge in [0.2, 0.25) is 0 Å². The van der Waals surface area contributed by atoms with Crippen LogP contribution in [0.4, 0.5) is 16.2 Å². The number of aromatic nitrogens is 1. The van der Waals surface area contributed by atoms with Crippen molar-refractivity contribution in [1.29, 1.82) is 5.26 Å². The van der Waals surface area contributed by atoms with Gasteiger partial charge in [-0.05, 0) is 35.7 Å². The number of piperazine rings is 1. The summed E-state index contributed by atoms with van der Waals surface area (Å²) in [5.41, 5.74) is 1.87. The molecule has 4 atom stereocenters. The van der Waals surface area contributed by atoms with E-state index in [0.29, 0.717) is 47.6 Å². The fourth-order valence-corrected chi connectivity index (χ4v) is 6.25. The van der Waals surface area contributed by atoms with E-state index in [-0.39, 0.29) is 16.3 Å². The molecular weight excluding hydrogens is 468 g/mol. The molecule has 3 fully saturated rings. The summed E-state index contributed by atoms with van der Waals surface area (Å²) in [6.45, 7) is 1.13. The molecule has 0 aliphatic carbocycles. The Morgan fingerprint density at radius 3 is 2.68 bits per heavy atom. The van der Waals surface area contributed by atoms with E-state index in [2.05, 4.69) is 16.4 Å². The Labute approximate surface area is 211 Å². The molecular formula is C28H21N6O3+. The van der Waals surface area contributed by atoms with E-state index in [4.69, 9.17) is 0 Å². The van der Waals surface area contributed by atoms with Crippen LogP contribution in [-0.2, 0) is 9.59 Å². The van der Waals surface area contributed by atoms with Crippen LogP contribution in [0, 0.1) is 11.3 Å². The van der Waals surface area contributed by atoms with Crippen LogP contribution < -0.4 is 10.2 Å². The molecule has 7 rings (SSSR count). The quantitative estimate of drug-likeness (QED) is 0.350. The average molecular weight is 490 g/mol. The maximum Gasteiger partial charge on any atom is 0.433 e. The molecule has 4 aromatic rings. The zero-order chi connectivity index (χ0) is 25.3. The summed E-state index contributed by atoms with van der Waals surface area (Å²) in [4.78, 5) is 49.1. The highest BCUT2D eigenvalue weighted by molar-refractivity contribution is 6.22. The first-order chi connectivity index (χ1) is 18.0. The predicted octanol–water partition coefficient (Wildman–Crippen LogP) is 3.21. The Hall–Kier alpha value is -4.65.